The van der Waals surface area contributed by atoms with Crippen molar-refractivity contribution in [2.24, 2.45) is 5.92 Å². The van der Waals surface area contributed by atoms with Gasteiger partial charge in [0, 0.05) is 25.4 Å². The highest BCUT2D eigenvalue weighted by Gasteiger charge is 2.23. The van der Waals surface area contributed by atoms with Crippen molar-refractivity contribution in [3.05, 3.63) is 18.0 Å². The maximum atomic E-state index is 11.5. The molecule has 1 amide bonds. The summed E-state index contributed by atoms with van der Waals surface area (Å²) in [7, 11) is 1.56. The Morgan fingerprint density at radius 3 is 2.80 bits per heavy atom. The van der Waals surface area contributed by atoms with E-state index in [4.69, 9.17) is 5.11 Å². The second-order valence-electron chi connectivity index (χ2n) is 3.36. The number of aromatic nitrogens is 2. The fourth-order valence-corrected chi connectivity index (χ4v) is 1.15. The molecule has 0 aliphatic heterocycles. The predicted molar refractivity (Wildman–Crippen MR) is 51.9 cm³/mol. The van der Waals surface area contributed by atoms with Crippen LogP contribution in [0.15, 0.2) is 12.4 Å². The quantitative estimate of drug-likeness (QED) is 0.691. The first-order valence-electron chi connectivity index (χ1n) is 4.47. The van der Waals surface area contributed by atoms with Gasteiger partial charge in [0.15, 0.2) is 0 Å². The van der Waals surface area contributed by atoms with Gasteiger partial charge in [-0.1, -0.05) is 0 Å². The van der Waals surface area contributed by atoms with E-state index in [9.17, 15) is 9.59 Å². The van der Waals surface area contributed by atoms with Crippen LogP contribution in [-0.2, 0) is 16.1 Å². The second-order valence-corrected chi connectivity index (χ2v) is 3.36. The zero-order valence-electron chi connectivity index (χ0n) is 8.60. The molecule has 0 radical (unpaired) electrons. The number of aromatic amines is 1. The van der Waals surface area contributed by atoms with Crippen LogP contribution in [0.4, 0.5) is 0 Å². The molecule has 6 heteroatoms. The minimum Gasteiger partial charge on any atom is -0.481 e. The van der Waals surface area contributed by atoms with Gasteiger partial charge in [-0.2, -0.15) is 5.10 Å². The third-order valence-electron chi connectivity index (χ3n) is 2.09. The number of hydrogen-bond donors (Lipinski definition) is 2. The highest BCUT2D eigenvalue weighted by molar-refractivity contribution is 5.96. The molecule has 0 bridgehead atoms. The van der Waals surface area contributed by atoms with Crippen molar-refractivity contribution in [1.82, 2.24) is 15.1 Å². The van der Waals surface area contributed by atoms with E-state index in [1.165, 1.54) is 11.8 Å². The Morgan fingerprint density at radius 2 is 2.33 bits per heavy atom. The molecular formula is C9H13N3O3. The minimum atomic E-state index is -1.11. The molecule has 6 nitrogen and oxygen atoms in total. The van der Waals surface area contributed by atoms with E-state index < -0.39 is 17.8 Å². The maximum absolute atomic E-state index is 11.5. The summed E-state index contributed by atoms with van der Waals surface area (Å²) in [5, 5.41) is 15.0. The van der Waals surface area contributed by atoms with E-state index >= 15 is 0 Å². The number of rotatable bonds is 4. The van der Waals surface area contributed by atoms with Crippen molar-refractivity contribution >= 4 is 11.9 Å². The van der Waals surface area contributed by atoms with E-state index in [2.05, 4.69) is 10.2 Å². The molecule has 0 saturated carbocycles. The summed E-state index contributed by atoms with van der Waals surface area (Å²) in [6.07, 6.45) is 3.25. The van der Waals surface area contributed by atoms with Crippen LogP contribution < -0.4 is 0 Å². The molecular weight excluding hydrogens is 198 g/mol. The topological polar surface area (TPSA) is 86.3 Å². The third-order valence-corrected chi connectivity index (χ3v) is 2.09. The number of nitrogens with zero attached hydrogens (tertiary/aromatic N) is 2. The van der Waals surface area contributed by atoms with Crippen LogP contribution in [0.2, 0.25) is 0 Å². The molecule has 1 atom stereocenters. The van der Waals surface area contributed by atoms with Gasteiger partial charge in [0.1, 0.15) is 5.92 Å². The number of H-pyrrole nitrogens is 1. The Hall–Kier alpha value is -1.85. The van der Waals surface area contributed by atoms with Crippen molar-refractivity contribution in [2.45, 2.75) is 13.5 Å². The largest absolute Gasteiger partial charge is 0.481 e. The molecule has 2 N–H and O–H groups in total. The molecule has 1 unspecified atom stereocenters. The number of aliphatic carboxylic acids is 1. The van der Waals surface area contributed by atoms with Crippen LogP contribution in [0.1, 0.15) is 12.5 Å². The van der Waals surface area contributed by atoms with Crippen LogP contribution in [0, 0.1) is 5.92 Å². The van der Waals surface area contributed by atoms with Gasteiger partial charge in [-0.05, 0) is 6.92 Å². The fourth-order valence-electron chi connectivity index (χ4n) is 1.15. The first-order chi connectivity index (χ1) is 7.02. The predicted octanol–water partition coefficient (Wildman–Crippen LogP) is 0.0888. The number of carboxylic acid groups (broad SMARTS) is 1. The summed E-state index contributed by atoms with van der Waals surface area (Å²) in [6.45, 7) is 1.73. The van der Waals surface area contributed by atoms with Crippen LogP contribution in [0.3, 0.4) is 0 Å². The Balaban J connectivity index is 2.57. The molecule has 1 aromatic heterocycles. The summed E-state index contributed by atoms with van der Waals surface area (Å²) >= 11 is 0. The van der Waals surface area contributed by atoms with Gasteiger partial charge < -0.3 is 10.0 Å². The standard InChI is InChI=1S/C9H13N3O3/c1-6(9(14)15)8(13)12(2)5-7-3-10-11-4-7/h3-4,6H,5H2,1-2H3,(H,10,11)(H,14,15). The summed E-state index contributed by atoms with van der Waals surface area (Å²) in [5.41, 5.74) is 0.837. The van der Waals surface area contributed by atoms with Crippen molar-refractivity contribution < 1.29 is 14.7 Å². The molecule has 82 valence electrons. The number of nitrogens with one attached hydrogen (secondary N) is 1. The molecule has 1 heterocycles. The van der Waals surface area contributed by atoms with Crippen molar-refractivity contribution in [3.63, 3.8) is 0 Å². The van der Waals surface area contributed by atoms with Crippen molar-refractivity contribution in [2.75, 3.05) is 7.05 Å². The smallest absolute Gasteiger partial charge is 0.315 e. The van der Waals surface area contributed by atoms with Gasteiger partial charge in [-0.3, -0.25) is 14.7 Å². The number of carbonyl (C=O) groups excluding carboxylic acids is 1. The van der Waals surface area contributed by atoms with Gasteiger partial charge in [0.2, 0.25) is 5.91 Å². The molecule has 0 aliphatic rings. The number of carboxylic acids is 1. The molecule has 1 rings (SSSR count). The summed E-state index contributed by atoms with van der Waals surface area (Å²) in [6, 6.07) is 0. The first-order valence-corrected chi connectivity index (χ1v) is 4.47. The third kappa shape index (κ3) is 2.80. The van der Waals surface area contributed by atoms with Crippen LogP contribution in [-0.4, -0.2) is 39.1 Å². The average molecular weight is 211 g/mol. The zero-order chi connectivity index (χ0) is 11.4. The monoisotopic (exact) mass is 211 g/mol. The first kappa shape index (κ1) is 11.2. The Kier molecular flexibility index (Phi) is 3.43. The van der Waals surface area contributed by atoms with E-state index in [0.29, 0.717) is 6.54 Å². The summed E-state index contributed by atoms with van der Waals surface area (Å²) in [5.74, 6) is -2.54. The lowest BCUT2D eigenvalue weighted by molar-refractivity contribution is -0.149. The minimum absolute atomic E-state index is 0.354. The molecule has 0 saturated heterocycles. The maximum Gasteiger partial charge on any atom is 0.315 e. The van der Waals surface area contributed by atoms with Gasteiger partial charge in [0.05, 0.1) is 6.20 Å². The molecule has 1 aromatic rings. The fraction of sp³-hybridized carbons (Fsp3) is 0.444. The molecule has 0 spiro atoms. The molecule has 15 heavy (non-hydrogen) atoms. The summed E-state index contributed by atoms with van der Waals surface area (Å²) < 4.78 is 0. The molecule has 0 aromatic carbocycles. The number of hydrogen-bond acceptors (Lipinski definition) is 3. The lowest BCUT2D eigenvalue weighted by atomic mass is 10.1. The molecule has 0 fully saturated rings. The van der Waals surface area contributed by atoms with Gasteiger partial charge in [-0.25, -0.2) is 0 Å². The van der Waals surface area contributed by atoms with E-state index in [1.807, 2.05) is 0 Å². The van der Waals surface area contributed by atoms with Gasteiger partial charge in [0.25, 0.3) is 0 Å². The Morgan fingerprint density at radius 1 is 1.67 bits per heavy atom. The van der Waals surface area contributed by atoms with E-state index in [0.717, 1.165) is 5.56 Å². The number of amides is 1. The Bertz CT molecular complexity index is 347. The lowest BCUT2D eigenvalue weighted by Gasteiger charge is -2.18. The number of carbonyl (C=O) groups is 2. The summed E-state index contributed by atoms with van der Waals surface area (Å²) in [4.78, 5) is 23.5. The van der Waals surface area contributed by atoms with Crippen molar-refractivity contribution in [1.29, 1.82) is 0 Å². The average Bonchev–Trinajstić information content (AvgIpc) is 2.67. The van der Waals surface area contributed by atoms with E-state index in [1.54, 1.807) is 19.4 Å². The Labute approximate surface area is 86.9 Å². The molecule has 0 aliphatic carbocycles. The van der Waals surface area contributed by atoms with Crippen LogP contribution in [0.25, 0.3) is 0 Å². The second kappa shape index (κ2) is 4.59. The highest BCUT2D eigenvalue weighted by Crippen LogP contribution is 2.05. The SMILES string of the molecule is CC(C(=O)O)C(=O)N(C)Cc1cn[nH]c1. The lowest BCUT2D eigenvalue weighted by Crippen LogP contribution is -2.34. The van der Waals surface area contributed by atoms with Crippen LogP contribution >= 0.6 is 0 Å². The normalized spacial score (nSPS) is 12.1. The van der Waals surface area contributed by atoms with Crippen LogP contribution in [0.5, 0.6) is 0 Å². The van der Waals surface area contributed by atoms with Gasteiger partial charge >= 0.3 is 5.97 Å². The van der Waals surface area contributed by atoms with Gasteiger partial charge in [-0.15, -0.1) is 0 Å². The van der Waals surface area contributed by atoms with E-state index in [-0.39, 0.29) is 0 Å². The van der Waals surface area contributed by atoms with Crippen molar-refractivity contribution in [3.8, 4) is 0 Å². The highest BCUT2D eigenvalue weighted by atomic mass is 16.4. The zero-order valence-corrected chi connectivity index (χ0v) is 8.60.